The molecule has 1 fully saturated rings. The van der Waals surface area contributed by atoms with E-state index in [9.17, 15) is 4.79 Å². The summed E-state index contributed by atoms with van der Waals surface area (Å²) in [5, 5.41) is 9.09. The van der Waals surface area contributed by atoms with Gasteiger partial charge in [0.1, 0.15) is 0 Å². The lowest BCUT2D eigenvalue weighted by Crippen LogP contribution is -2.42. The highest BCUT2D eigenvalue weighted by Gasteiger charge is 2.30. The smallest absolute Gasteiger partial charge is 0.310 e. The molecule has 1 saturated heterocycles. The van der Waals surface area contributed by atoms with E-state index in [1.807, 2.05) is 0 Å². The van der Waals surface area contributed by atoms with Crippen LogP contribution in [-0.4, -0.2) is 48.3 Å². The monoisotopic (exact) mass is 229 g/mol. The van der Waals surface area contributed by atoms with E-state index in [4.69, 9.17) is 9.84 Å². The van der Waals surface area contributed by atoms with Gasteiger partial charge in [-0.25, -0.2) is 0 Å². The first-order chi connectivity index (χ1) is 7.45. The van der Waals surface area contributed by atoms with Gasteiger partial charge in [0.25, 0.3) is 0 Å². The molecule has 4 nitrogen and oxygen atoms in total. The van der Waals surface area contributed by atoms with Crippen LogP contribution >= 0.6 is 0 Å². The number of carboxylic acids is 1. The quantitative estimate of drug-likeness (QED) is 0.751. The third-order valence-corrected chi connectivity index (χ3v) is 3.13. The van der Waals surface area contributed by atoms with Gasteiger partial charge < -0.3 is 9.84 Å². The average Bonchev–Trinajstić information content (AvgIpc) is 2.68. The van der Waals surface area contributed by atoms with Crippen molar-refractivity contribution in [2.24, 2.45) is 5.41 Å². The highest BCUT2D eigenvalue weighted by Crippen LogP contribution is 2.19. The number of hydrogen-bond acceptors (Lipinski definition) is 3. The van der Waals surface area contributed by atoms with Gasteiger partial charge in [0.05, 0.1) is 11.5 Å². The van der Waals surface area contributed by atoms with Gasteiger partial charge in [0, 0.05) is 19.7 Å². The summed E-state index contributed by atoms with van der Waals surface area (Å²) in [7, 11) is 0. The summed E-state index contributed by atoms with van der Waals surface area (Å²) in [6.07, 6.45) is 2.53. The predicted octanol–water partition coefficient (Wildman–Crippen LogP) is 1.60. The molecule has 1 atom stereocenters. The van der Waals surface area contributed by atoms with E-state index >= 15 is 0 Å². The van der Waals surface area contributed by atoms with Crippen molar-refractivity contribution in [3.05, 3.63) is 0 Å². The molecule has 94 valence electrons. The number of rotatable bonds is 6. The second-order valence-electron chi connectivity index (χ2n) is 5.15. The number of nitrogens with zero attached hydrogens (tertiary/aromatic N) is 1. The Labute approximate surface area is 97.6 Å². The third kappa shape index (κ3) is 3.76. The van der Waals surface area contributed by atoms with Crippen molar-refractivity contribution in [3.8, 4) is 0 Å². The van der Waals surface area contributed by atoms with Crippen molar-refractivity contribution in [1.82, 2.24) is 4.90 Å². The highest BCUT2D eigenvalue weighted by molar-refractivity contribution is 5.73. The van der Waals surface area contributed by atoms with Gasteiger partial charge in [-0.1, -0.05) is 6.92 Å². The predicted molar refractivity (Wildman–Crippen MR) is 62.5 cm³/mol. The number of ether oxygens (including phenoxy) is 1. The Bertz CT molecular complexity index is 234. The van der Waals surface area contributed by atoms with Gasteiger partial charge in [0.2, 0.25) is 0 Å². The van der Waals surface area contributed by atoms with Crippen LogP contribution in [0.3, 0.4) is 0 Å². The lowest BCUT2D eigenvalue weighted by Gasteiger charge is -2.30. The van der Waals surface area contributed by atoms with E-state index < -0.39 is 11.4 Å². The number of aliphatic carboxylic acids is 1. The SMILES string of the molecule is CCN(CC1CCCO1)CC(C)(C)C(=O)O. The summed E-state index contributed by atoms with van der Waals surface area (Å²) < 4.78 is 5.57. The normalized spacial score (nSPS) is 21.6. The van der Waals surface area contributed by atoms with Gasteiger partial charge in [-0.15, -0.1) is 0 Å². The Morgan fingerprint density at radius 2 is 2.25 bits per heavy atom. The molecule has 16 heavy (non-hydrogen) atoms. The van der Waals surface area contributed by atoms with Gasteiger partial charge >= 0.3 is 5.97 Å². The minimum absolute atomic E-state index is 0.296. The number of likely N-dealkylation sites (N-methyl/N-ethyl adjacent to an activating group) is 1. The molecule has 1 aliphatic heterocycles. The zero-order chi connectivity index (χ0) is 12.2. The van der Waals surface area contributed by atoms with Crippen molar-refractivity contribution in [2.75, 3.05) is 26.2 Å². The van der Waals surface area contributed by atoms with Crippen molar-refractivity contribution in [3.63, 3.8) is 0 Å². The van der Waals surface area contributed by atoms with Crippen LogP contribution in [0.2, 0.25) is 0 Å². The molecule has 0 bridgehead atoms. The lowest BCUT2D eigenvalue weighted by molar-refractivity contribution is -0.148. The highest BCUT2D eigenvalue weighted by atomic mass is 16.5. The summed E-state index contributed by atoms with van der Waals surface area (Å²) in [5.74, 6) is -0.738. The van der Waals surface area contributed by atoms with Crippen LogP contribution in [0.1, 0.15) is 33.6 Å². The summed E-state index contributed by atoms with van der Waals surface area (Å²) in [6, 6.07) is 0. The maximum atomic E-state index is 11.1. The molecule has 1 heterocycles. The van der Waals surface area contributed by atoms with Crippen LogP contribution in [0.4, 0.5) is 0 Å². The number of carboxylic acid groups (broad SMARTS) is 1. The van der Waals surface area contributed by atoms with E-state index in [0.29, 0.717) is 12.6 Å². The minimum atomic E-state index is -0.738. The maximum Gasteiger partial charge on any atom is 0.310 e. The fourth-order valence-corrected chi connectivity index (χ4v) is 2.01. The van der Waals surface area contributed by atoms with Crippen LogP contribution in [0.25, 0.3) is 0 Å². The molecular weight excluding hydrogens is 206 g/mol. The Kier molecular flexibility index (Phi) is 4.74. The summed E-state index contributed by atoms with van der Waals surface area (Å²) in [4.78, 5) is 13.2. The first kappa shape index (κ1) is 13.5. The number of carbonyl (C=O) groups is 1. The topological polar surface area (TPSA) is 49.8 Å². The first-order valence-corrected chi connectivity index (χ1v) is 6.03. The Morgan fingerprint density at radius 1 is 1.56 bits per heavy atom. The first-order valence-electron chi connectivity index (χ1n) is 6.03. The second-order valence-corrected chi connectivity index (χ2v) is 5.15. The Morgan fingerprint density at radius 3 is 2.69 bits per heavy atom. The van der Waals surface area contributed by atoms with Crippen molar-refractivity contribution in [2.45, 2.75) is 39.7 Å². The van der Waals surface area contributed by atoms with Crippen molar-refractivity contribution in [1.29, 1.82) is 0 Å². The molecule has 0 radical (unpaired) electrons. The Hall–Kier alpha value is -0.610. The van der Waals surface area contributed by atoms with Gasteiger partial charge in [-0.3, -0.25) is 9.69 Å². The zero-order valence-corrected chi connectivity index (χ0v) is 10.5. The molecule has 0 aromatic heterocycles. The molecule has 0 aromatic rings. The van der Waals surface area contributed by atoms with E-state index in [1.54, 1.807) is 13.8 Å². The zero-order valence-electron chi connectivity index (χ0n) is 10.5. The minimum Gasteiger partial charge on any atom is -0.481 e. The number of hydrogen-bond donors (Lipinski definition) is 1. The van der Waals surface area contributed by atoms with Crippen LogP contribution in [0.15, 0.2) is 0 Å². The molecule has 0 spiro atoms. The standard InChI is InChI=1S/C12H23NO3/c1-4-13(8-10-6-5-7-16-10)9-12(2,3)11(14)15/h10H,4-9H2,1-3H3,(H,14,15). The second kappa shape index (κ2) is 5.64. The molecule has 4 heteroatoms. The van der Waals surface area contributed by atoms with E-state index in [-0.39, 0.29) is 0 Å². The summed E-state index contributed by atoms with van der Waals surface area (Å²) in [5.41, 5.74) is -0.686. The van der Waals surface area contributed by atoms with Gasteiger partial charge in [0.15, 0.2) is 0 Å². The molecule has 1 N–H and O–H groups in total. The molecular formula is C12H23NO3. The van der Waals surface area contributed by atoms with Crippen molar-refractivity contribution >= 4 is 5.97 Å². The van der Waals surface area contributed by atoms with E-state index in [1.165, 1.54) is 0 Å². The molecule has 0 aromatic carbocycles. The summed E-state index contributed by atoms with van der Waals surface area (Å²) in [6.45, 7) is 8.76. The molecule has 1 rings (SSSR count). The van der Waals surface area contributed by atoms with Crippen molar-refractivity contribution < 1.29 is 14.6 Å². The maximum absolute atomic E-state index is 11.1. The Balaban J connectivity index is 2.44. The fourth-order valence-electron chi connectivity index (χ4n) is 2.01. The van der Waals surface area contributed by atoms with Gasteiger partial charge in [-0.2, -0.15) is 0 Å². The lowest BCUT2D eigenvalue weighted by atomic mass is 9.93. The average molecular weight is 229 g/mol. The summed E-state index contributed by atoms with van der Waals surface area (Å²) >= 11 is 0. The molecule has 0 amide bonds. The largest absolute Gasteiger partial charge is 0.481 e. The molecule has 0 aliphatic carbocycles. The molecule has 1 unspecified atom stereocenters. The third-order valence-electron chi connectivity index (χ3n) is 3.13. The van der Waals surface area contributed by atoms with Crippen LogP contribution in [0.5, 0.6) is 0 Å². The molecule has 0 saturated carbocycles. The fraction of sp³-hybridized carbons (Fsp3) is 0.917. The van der Waals surface area contributed by atoms with E-state index in [2.05, 4.69) is 11.8 Å². The molecule has 1 aliphatic rings. The van der Waals surface area contributed by atoms with Crippen LogP contribution in [-0.2, 0) is 9.53 Å². The van der Waals surface area contributed by atoms with Gasteiger partial charge in [-0.05, 0) is 33.2 Å². The van der Waals surface area contributed by atoms with Crippen LogP contribution in [0, 0.1) is 5.41 Å². The van der Waals surface area contributed by atoms with E-state index in [0.717, 1.165) is 32.5 Å². The van der Waals surface area contributed by atoms with Crippen LogP contribution < -0.4 is 0 Å².